The van der Waals surface area contributed by atoms with Crippen molar-refractivity contribution in [3.05, 3.63) is 66.0 Å². The van der Waals surface area contributed by atoms with Crippen LogP contribution in [0.5, 0.6) is 0 Å². The molecule has 0 heterocycles. The first-order valence-electron chi connectivity index (χ1n) is 7.16. The topological polar surface area (TPSA) is 60.1 Å². The summed E-state index contributed by atoms with van der Waals surface area (Å²) in [4.78, 5) is 3.16. The Hall–Kier alpha value is -2.21. The third-order valence-electron chi connectivity index (χ3n) is 2.92. The molecule has 122 valence electrons. The molecule has 0 saturated heterocycles. The monoisotopic (exact) mass is 335 g/mol. The third-order valence-corrected chi connectivity index (χ3v) is 4.29. The number of halogens is 1. The summed E-state index contributed by atoms with van der Waals surface area (Å²) < 4.78 is 40.6. The Labute approximate surface area is 136 Å². The highest BCUT2D eigenvalue weighted by atomic mass is 32.2. The second kappa shape index (κ2) is 6.50. The molecule has 0 saturated carbocycles. The van der Waals surface area contributed by atoms with Gasteiger partial charge in [0, 0.05) is 0 Å². The van der Waals surface area contributed by atoms with Crippen LogP contribution in [0, 0.1) is 5.82 Å². The Morgan fingerprint density at radius 3 is 2.09 bits per heavy atom. The summed E-state index contributed by atoms with van der Waals surface area (Å²) in [6, 6.07) is 13.8. The Morgan fingerprint density at radius 1 is 1.00 bits per heavy atom. The van der Waals surface area contributed by atoms with Gasteiger partial charge in [0.25, 0.3) is 5.84 Å². The number of hydrogen-bond acceptors (Lipinski definition) is 2. The lowest BCUT2D eigenvalue weighted by molar-refractivity contribution is -0.539. The van der Waals surface area contributed by atoms with Crippen molar-refractivity contribution in [2.45, 2.75) is 31.2 Å². The molecule has 4 nitrogen and oxygen atoms in total. The van der Waals surface area contributed by atoms with Crippen molar-refractivity contribution in [3.63, 3.8) is 0 Å². The van der Waals surface area contributed by atoms with Crippen LogP contribution in [0.4, 0.5) is 4.39 Å². The molecule has 2 aromatic rings. The summed E-state index contributed by atoms with van der Waals surface area (Å²) in [7, 11) is -3.81. The van der Waals surface area contributed by atoms with Crippen molar-refractivity contribution in [1.29, 1.82) is 0 Å². The average Bonchev–Trinajstić information content (AvgIpc) is 2.46. The van der Waals surface area contributed by atoms with E-state index in [0.717, 1.165) is 12.1 Å². The number of amidine groups is 1. The van der Waals surface area contributed by atoms with Gasteiger partial charge in [-0.2, -0.15) is 13.1 Å². The lowest BCUT2D eigenvalue weighted by atomic mass is 10.1. The van der Waals surface area contributed by atoms with Gasteiger partial charge >= 0.3 is 10.0 Å². The molecule has 0 aromatic heterocycles. The normalized spacial score (nSPS) is 13.0. The van der Waals surface area contributed by atoms with Crippen molar-refractivity contribution in [1.82, 2.24) is 4.72 Å². The largest absolute Gasteiger partial charge is 0.328 e. The van der Waals surface area contributed by atoms with E-state index in [0.29, 0.717) is 11.4 Å². The molecule has 0 radical (unpaired) electrons. The Morgan fingerprint density at radius 2 is 1.57 bits per heavy atom. The fraction of sp³-hybridized carbons (Fsp3) is 0.235. The molecule has 0 spiro atoms. The van der Waals surface area contributed by atoms with Crippen LogP contribution >= 0.6 is 0 Å². The van der Waals surface area contributed by atoms with Crippen LogP contribution in [0.15, 0.2) is 59.5 Å². The van der Waals surface area contributed by atoms with Crippen LogP contribution in [0.2, 0.25) is 0 Å². The molecule has 0 aliphatic heterocycles. The zero-order valence-corrected chi connectivity index (χ0v) is 14.1. The van der Waals surface area contributed by atoms with Crippen LogP contribution in [0.1, 0.15) is 26.3 Å². The zero-order chi connectivity index (χ0) is 17.1. The lowest BCUT2D eigenvalue weighted by Gasteiger charge is -2.13. The number of sulfonamides is 1. The maximum Gasteiger partial charge on any atom is 0.328 e. The van der Waals surface area contributed by atoms with Gasteiger partial charge in [-0.1, -0.05) is 18.2 Å². The second-order valence-corrected chi connectivity index (χ2v) is 7.86. The molecule has 0 fully saturated rings. The van der Waals surface area contributed by atoms with Crippen molar-refractivity contribution >= 4 is 15.9 Å². The summed E-state index contributed by atoms with van der Waals surface area (Å²) in [6.45, 7) is 5.80. The molecular formula is C17H20FN2O2S+. The highest BCUT2D eigenvalue weighted by Crippen LogP contribution is 2.10. The average molecular weight is 335 g/mol. The van der Waals surface area contributed by atoms with Crippen molar-refractivity contribution < 1.29 is 17.8 Å². The molecule has 23 heavy (non-hydrogen) atoms. The Balaban J connectivity index is 2.42. The summed E-state index contributed by atoms with van der Waals surface area (Å²) in [6.07, 6.45) is 0. The molecule has 0 atom stereocenters. The minimum Gasteiger partial charge on any atom is -0.269 e. The standard InChI is InChI=1S/C17H19FN2O2S/c1-17(2,3)19-16(13-7-5-4-6-8-13)20-23(21,22)15-11-9-14(18)10-12-15/h4-12H,1-3H3,(H,19,20)/p+1. The molecule has 0 amide bonds. The first kappa shape index (κ1) is 17.1. The first-order chi connectivity index (χ1) is 10.7. The fourth-order valence-corrected chi connectivity index (χ4v) is 2.99. The third kappa shape index (κ3) is 4.89. The Kier molecular flexibility index (Phi) is 4.85. The number of hydrogen-bond donors (Lipinski definition) is 2. The number of benzene rings is 2. The van der Waals surface area contributed by atoms with Crippen molar-refractivity contribution in [2.24, 2.45) is 0 Å². The summed E-state index contributed by atoms with van der Waals surface area (Å²) in [5.74, 6) is -0.105. The second-order valence-electron chi connectivity index (χ2n) is 6.18. The maximum absolute atomic E-state index is 13.0. The molecule has 0 unspecified atom stereocenters. The van der Waals surface area contributed by atoms with Crippen LogP contribution in [-0.4, -0.2) is 19.8 Å². The van der Waals surface area contributed by atoms with Gasteiger partial charge < -0.3 is 0 Å². The minimum atomic E-state index is -3.81. The summed E-state index contributed by atoms with van der Waals surface area (Å²) in [5.41, 5.74) is 0.379. The fourth-order valence-electron chi connectivity index (χ4n) is 1.94. The van der Waals surface area contributed by atoms with Crippen molar-refractivity contribution in [2.75, 3.05) is 0 Å². The SMILES string of the molecule is CC(C)(C)[NH+]=C(NS(=O)(=O)c1ccc(F)cc1)c1ccccc1. The molecule has 2 N–H and O–H groups in total. The van der Waals surface area contributed by atoms with E-state index in [2.05, 4.69) is 9.71 Å². The highest BCUT2D eigenvalue weighted by molar-refractivity contribution is 7.90. The van der Waals surface area contributed by atoms with Gasteiger partial charge in [0.15, 0.2) is 0 Å². The first-order valence-corrected chi connectivity index (χ1v) is 8.65. The van der Waals surface area contributed by atoms with Crippen LogP contribution in [0.25, 0.3) is 0 Å². The molecule has 0 bridgehead atoms. The van der Waals surface area contributed by atoms with Gasteiger partial charge in [0.05, 0.1) is 11.1 Å². The van der Waals surface area contributed by atoms with Crippen LogP contribution in [0.3, 0.4) is 0 Å². The van der Waals surface area contributed by atoms with E-state index in [1.165, 1.54) is 12.1 Å². The minimum absolute atomic E-state index is 0.00282. The summed E-state index contributed by atoms with van der Waals surface area (Å²) in [5, 5.41) is 0. The van der Waals surface area contributed by atoms with E-state index in [1.54, 1.807) is 12.1 Å². The molecule has 6 heteroatoms. The quantitative estimate of drug-likeness (QED) is 0.658. The van der Waals surface area contributed by atoms with E-state index in [9.17, 15) is 12.8 Å². The van der Waals surface area contributed by atoms with E-state index in [1.807, 2.05) is 39.0 Å². The van der Waals surface area contributed by atoms with Crippen LogP contribution in [-0.2, 0) is 10.0 Å². The van der Waals surface area contributed by atoms with Crippen molar-refractivity contribution in [3.8, 4) is 0 Å². The molecule has 0 aliphatic rings. The van der Waals surface area contributed by atoms with Crippen LogP contribution < -0.4 is 9.71 Å². The maximum atomic E-state index is 13.0. The molecule has 2 rings (SSSR count). The van der Waals surface area contributed by atoms with Gasteiger partial charge in [0.2, 0.25) is 0 Å². The molecular weight excluding hydrogens is 315 g/mol. The van der Waals surface area contributed by atoms with Gasteiger partial charge in [-0.25, -0.2) is 4.39 Å². The number of nitrogens with one attached hydrogen (secondary N) is 2. The Bertz CT molecular complexity index is 793. The molecule has 2 aromatic carbocycles. The van der Waals surface area contributed by atoms with Gasteiger partial charge in [-0.15, -0.1) is 0 Å². The summed E-state index contributed by atoms with van der Waals surface area (Å²) >= 11 is 0. The van der Waals surface area contributed by atoms with Gasteiger partial charge in [-0.3, -0.25) is 4.99 Å². The number of rotatable bonds is 3. The smallest absolute Gasteiger partial charge is 0.269 e. The zero-order valence-electron chi connectivity index (χ0n) is 13.3. The van der Waals surface area contributed by atoms with E-state index < -0.39 is 15.8 Å². The van der Waals surface area contributed by atoms with E-state index in [4.69, 9.17) is 0 Å². The van der Waals surface area contributed by atoms with E-state index in [-0.39, 0.29) is 10.4 Å². The predicted molar refractivity (Wildman–Crippen MR) is 88.0 cm³/mol. The highest BCUT2D eigenvalue weighted by Gasteiger charge is 2.25. The van der Waals surface area contributed by atoms with Gasteiger partial charge in [0.1, 0.15) is 10.7 Å². The molecule has 0 aliphatic carbocycles. The lowest BCUT2D eigenvalue weighted by Crippen LogP contribution is -2.86. The van der Waals surface area contributed by atoms with E-state index >= 15 is 0 Å². The predicted octanol–water partition coefficient (Wildman–Crippen LogP) is 1.43. The van der Waals surface area contributed by atoms with Gasteiger partial charge in [-0.05, 0) is 57.2 Å².